The van der Waals surface area contributed by atoms with Crippen LogP contribution in [-0.4, -0.2) is 20.2 Å². The molecule has 0 aliphatic rings. The lowest BCUT2D eigenvalue weighted by molar-refractivity contribution is 1.12. The van der Waals surface area contributed by atoms with Crippen molar-refractivity contribution in [3.63, 3.8) is 0 Å². The van der Waals surface area contributed by atoms with Crippen molar-refractivity contribution in [2.75, 3.05) is 0 Å². The van der Waals surface area contributed by atoms with Gasteiger partial charge in [-0.05, 0) is 12.0 Å². The molecule has 0 aliphatic heterocycles. The predicted molar refractivity (Wildman–Crippen MR) is 55.1 cm³/mol. The molecule has 2 N–H and O–H groups in total. The van der Waals surface area contributed by atoms with Crippen molar-refractivity contribution < 1.29 is 0 Å². The molecule has 3 heterocycles. The van der Waals surface area contributed by atoms with Gasteiger partial charge in [-0.1, -0.05) is 6.92 Å². The summed E-state index contributed by atoms with van der Waals surface area (Å²) in [6.45, 7) is 2.14. The number of fused-ring (bicyclic) bond motifs is 3. The highest BCUT2D eigenvalue weighted by Gasteiger charge is 2.08. The lowest BCUT2D eigenvalue weighted by Crippen LogP contribution is -1.80. The zero-order valence-corrected chi connectivity index (χ0v) is 7.83. The van der Waals surface area contributed by atoms with E-state index in [0.29, 0.717) is 0 Å². The van der Waals surface area contributed by atoms with E-state index < -0.39 is 0 Å². The van der Waals surface area contributed by atoms with Crippen molar-refractivity contribution in [3.05, 3.63) is 24.2 Å². The third-order valence-electron chi connectivity index (χ3n) is 2.57. The first-order valence-corrected chi connectivity index (χ1v) is 4.68. The fraction of sp³-hybridized carbons (Fsp3) is 0.200. The Morgan fingerprint density at radius 3 is 3.14 bits per heavy atom. The minimum Gasteiger partial charge on any atom is -0.346 e. The summed E-state index contributed by atoms with van der Waals surface area (Å²) in [5, 5.41) is 9.27. The van der Waals surface area contributed by atoms with E-state index in [1.807, 2.05) is 12.4 Å². The van der Waals surface area contributed by atoms with Gasteiger partial charge in [0.2, 0.25) is 0 Å². The molecule has 0 amide bonds. The van der Waals surface area contributed by atoms with Gasteiger partial charge < -0.3 is 4.98 Å². The Labute approximate surface area is 80.4 Å². The molecular formula is C10H10N4. The first kappa shape index (κ1) is 7.55. The van der Waals surface area contributed by atoms with Gasteiger partial charge in [0.05, 0.1) is 11.7 Å². The van der Waals surface area contributed by atoms with Crippen LogP contribution < -0.4 is 0 Å². The Morgan fingerprint density at radius 2 is 2.29 bits per heavy atom. The summed E-state index contributed by atoms with van der Waals surface area (Å²) in [5.74, 6) is 0. The van der Waals surface area contributed by atoms with Crippen molar-refractivity contribution in [1.29, 1.82) is 0 Å². The molecule has 0 radical (unpaired) electrons. The quantitative estimate of drug-likeness (QED) is 0.610. The van der Waals surface area contributed by atoms with Gasteiger partial charge in [-0.2, -0.15) is 5.10 Å². The van der Waals surface area contributed by atoms with E-state index in [4.69, 9.17) is 0 Å². The molecule has 0 atom stereocenters. The third-order valence-corrected chi connectivity index (χ3v) is 2.57. The number of nitrogens with one attached hydrogen (secondary N) is 2. The highest BCUT2D eigenvalue weighted by molar-refractivity contribution is 6.03. The maximum atomic E-state index is 4.33. The minimum absolute atomic E-state index is 0.929. The summed E-state index contributed by atoms with van der Waals surface area (Å²) in [5.41, 5.74) is 3.29. The van der Waals surface area contributed by atoms with Crippen LogP contribution in [0.15, 0.2) is 18.6 Å². The summed E-state index contributed by atoms with van der Waals surface area (Å²) in [6, 6.07) is 0. The predicted octanol–water partition coefficient (Wildman–Crippen LogP) is 2.00. The van der Waals surface area contributed by atoms with Gasteiger partial charge in [0.1, 0.15) is 5.65 Å². The highest BCUT2D eigenvalue weighted by Crippen LogP contribution is 2.24. The Kier molecular flexibility index (Phi) is 1.39. The van der Waals surface area contributed by atoms with Crippen LogP contribution >= 0.6 is 0 Å². The Morgan fingerprint density at radius 1 is 1.36 bits per heavy atom. The van der Waals surface area contributed by atoms with Gasteiger partial charge in [0.25, 0.3) is 0 Å². The Hall–Kier alpha value is -1.84. The van der Waals surface area contributed by atoms with Crippen molar-refractivity contribution in [2.45, 2.75) is 13.3 Å². The first-order chi connectivity index (χ1) is 6.90. The fourth-order valence-electron chi connectivity index (χ4n) is 1.84. The van der Waals surface area contributed by atoms with Crippen LogP contribution in [0.1, 0.15) is 12.5 Å². The second kappa shape index (κ2) is 2.57. The second-order valence-electron chi connectivity index (χ2n) is 3.35. The third kappa shape index (κ3) is 0.824. The second-order valence-corrected chi connectivity index (χ2v) is 3.35. The van der Waals surface area contributed by atoms with Crippen LogP contribution in [0.2, 0.25) is 0 Å². The Balaban J connectivity index is 2.58. The number of hydrogen-bond donors (Lipinski definition) is 2. The van der Waals surface area contributed by atoms with E-state index >= 15 is 0 Å². The fourth-order valence-corrected chi connectivity index (χ4v) is 1.84. The van der Waals surface area contributed by atoms with Crippen LogP contribution in [0.3, 0.4) is 0 Å². The molecule has 3 aromatic heterocycles. The molecular weight excluding hydrogens is 176 g/mol. The van der Waals surface area contributed by atoms with E-state index in [1.54, 1.807) is 6.20 Å². The molecule has 70 valence electrons. The molecule has 0 saturated carbocycles. The van der Waals surface area contributed by atoms with E-state index in [9.17, 15) is 0 Å². The molecule has 0 unspecified atom stereocenters. The van der Waals surface area contributed by atoms with E-state index in [2.05, 4.69) is 27.1 Å². The molecule has 3 rings (SSSR count). The molecule has 0 spiro atoms. The van der Waals surface area contributed by atoms with Gasteiger partial charge >= 0.3 is 0 Å². The van der Waals surface area contributed by atoms with Crippen molar-refractivity contribution in [1.82, 2.24) is 20.2 Å². The molecule has 0 aliphatic carbocycles. The monoisotopic (exact) mass is 186 g/mol. The number of H-pyrrole nitrogens is 2. The maximum absolute atomic E-state index is 4.33. The number of nitrogens with zero attached hydrogens (tertiary/aromatic N) is 2. The first-order valence-electron chi connectivity index (χ1n) is 4.68. The minimum atomic E-state index is 0.929. The average Bonchev–Trinajstić information content (AvgIpc) is 2.82. The molecule has 0 aromatic carbocycles. The molecule has 0 saturated heterocycles. The number of pyridine rings is 1. The lowest BCUT2D eigenvalue weighted by Gasteiger charge is -1.94. The number of aromatic nitrogens is 4. The maximum Gasteiger partial charge on any atom is 0.139 e. The summed E-state index contributed by atoms with van der Waals surface area (Å²) in [7, 11) is 0. The van der Waals surface area contributed by atoms with Gasteiger partial charge in [-0.3, -0.25) is 5.10 Å². The van der Waals surface area contributed by atoms with Gasteiger partial charge in [0.15, 0.2) is 0 Å². The lowest BCUT2D eigenvalue weighted by atomic mass is 10.1. The van der Waals surface area contributed by atoms with E-state index in [1.165, 1.54) is 10.9 Å². The molecule has 4 heteroatoms. The SMILES string of the molecule is CCc1c[nH]c2ncc3cn[nH]c3c12. The van der Waals surface area contributed by atoms with E-state index in [0.717, 1.165) is 23.0 Å². The number of aryl methyl sites for hydroxylation is 1. The van der Waals surface area contributed by atoms with Gasteiger partial charge in [-0.15, -0.1) is 0 Å². The molecule has 3 aromatic rings. The zero-order valence-electron chi connectivity index (χ0n) is 7.83. The topological polar surface area (TPSA) is 57.4 Å². The number of aromatic amines is 2. The van der Waals surface area contributed by atoms with Crippen LogP contribution in [0.25, 0.3) is 21.9 Å². The average molecular weight is 186 g/mol. The Bertz CT molecular complexity index is 590. The van der Waals surface area contributed by atoms with Gasteiger partial charge in [-0.25, -0.2) is 4.98 Å². The zero-order chi connectivity index (χ0) is 9.54. The van der Waals surface area contributed by atoms with Crippen molar-refractivity contribution in [2.24, 2.45) is 0 Å². The highest BCUT2D eigenvalue weighted by atomic mass is 15.1. The summed E-state index contributed by atoms with van der Waals surface area (Å²) in [6.07, 6.45) is 6.64. The normalized spacial score (nSPS) is 11.5. The molecule has 0 bridgehead atoms. The van der Waals surface area contributed by atoms with Crippen LogP contribution in [0.5, 0.6) is 0 Å². The van der Waals surface area contributed by atoms with Crippen LogP contribution in [-0.2, 0) is 6.42 Å². The largest absolute Gasteiger partial charge is 0.346 e. The summed E-state index contributed by atoms with van der Waals surface area (Å²) in [4.78, 5) is 7.50. The summed E-state index contributed by atoms with van der Waals surface area (Å²) < 4.78 is 0. The number of rotatable bonds is 1. The summed E-state index contributed by atoms with van der Waals surface area (Å²) >= 11 is 0. The van der Waals surface area contributed by atoms with Crippen LogP contribution in [0, 0.1) is 0 Å². The molecule has 14 heavy (non-hydrogen) atoms. The molecule has 4 nitrogen and oxygen atoms in total. The van der Waals surface area contributed by atoms with E-state index in [-0.39, 0.29) is 0 Å². The number of hydrogen-bond acceptors (Lipinski definition) is 2. The smallest absolute Gasteiger partial charge is 0.139 e. The van der Waals surface area contributed by atoms with Crippen LogP contribution in [0.4, 0.5) is 0 Å². The van der Waals surface area contributed by atoms with Crippen molar-refractivity contribution >= 4 is 21.9 Å². The van der Waals surface area contributed by atoms with Crippen molar-refractivity contribution in [3.8, 4) is 0 Å². The van der Waals surface area contributed by atoms with Gasteiger partial charge in [0, 0.05) is 23.2 Å². The molecule has 0 fully saturated rings. The standard InChI is InChI=1S/C10H10N4/c1-2-6-3-11-10-8(6)9-7(4-12-10)5-13-14-9/h3-5H,2H2,1H3,(H,11,12)(H,13,14).